The molecule has 3 heteroatoms. The van der Waals surface area contributed by atoms with E-state index in [1.807, 2.05) is 26.4 Å². The van der Waals surface area contributed by atoms with Crippen molar-refractivity contribution in [3.05, 3.63) is 18.2 Å². The number of imidazole rings is 1. The molecule has 0 fully saturated rings. The molecular formula is C8H15N2O+. The Hall–Kier alpha value is -0.830. The summed E-state index contributed by atoms with van der Waals surface area (Å²) in [5, 5.41) is 0. The standard InChI is InChI=1S/C8H15N2O/c1-4-11-7-10-6-5-9(3)8(10)2/h5-6H,4,7H2,1-3H3/q+1. The first-order valence-corrected chi connectivity index (χ1v) is 3.84. The van der Waals surface area contributed by atoms with Crippen molar-refractivity contribution in [3.63, 3.8) is 0 Å². The average molecular weight is 155 g/mol. The molecule has 0 radical (unpaired) electrons. The summed E-state index contributed by atoms with van der Waals surface area (Å²) in [5.74, 6) is 1.21. The van der Waals surface area contributed by atoms with E-state index in [1.165, 1.54) is 5.82 Å². The molecule has 0 bridgehead atoms. The molecule has 0 aliphatic heterocycles. The Bertz CT molecular complexity index is 230. The fourth-order valence-electron chi connectivity index (χ4n) is 0.925. The van der Waals surface area contributed by atoms with E-state index in [9.17, 15) is 0 Å². The van der Waals surface area contributed by atoms with E-state index in [-0.39, 0.29) is 0 Å². The van der Waals surface area contributed by atoms with Crippen molar-refractivity contribution in [1.82, 2.24) is 4.57 Å². The summed E-state index contributed by atoms with van der Waals surface area (Å²) in [6, 6.07) is 0. The quantitative estimate of drug-likeness (QED) is 0.585. The Morgan fingerprint density at radius 3 is 2.82 bits per heavy atom. The predicted octanol–water partition coefficient (Wildman–Crippen LogP) is 0.615. The van der Waals surface area contributed by atoms with Gasteiger partial charge in [0.15, 0.2) is 6.73 Å². The highest BCUT2D eigenvalue weighted by Crippen LogP contribution is 1.92. The molecule has 0 aromatic carbocycles. The third-order valence-electron chi connectivity index (χ3n) is 1.83. The molecule has 1 aromatic rings. The van der Waals surface area contributed by atoms with Gasteiger partial charge in [-0.05, 0) is 6.92 Å². The van der Waals surface area contributed by atoms with Crippen LogP contribution in [-0.2, 0) is 18.5 Å². The van der Waals surface area contributed by atoms with Crippen LogP contribution in [0.25, 0.3) is 0 Å². The van der Waals surface area contributed by atoms with E-state index >= 15 is 0 Å². The highest BCUT2D eigenvalue weighted by Gasteiger charge is 2.06. The van der Waals surface area contributed by atoms with Crippen LogP contribution < -0.4 is 4.57 Å². The van der Waals surface area contributed by atoms with Gasteiger partial charge in [0.1, 0.15) is 12.4 Å². The van der Waals surface area contributed by atoms with Crippen molar-refractivity contribution < 1.29 is 9.30 Å². The molecule has 0 aliphatic carbocycles. The van der Waals surface area contributed by atoms with Gasteiger partial charge < -0.3 is 4.74 Å². The topological polar surface area (TPSA) is 18.0 Å². The highest BCUT2D eigenvalue weighted by molar-refractivity contribution is 4.77. The van der Waals surface area contributed by atoms with E-state index < -0.39 is 0 Å². The van der Waals surface area contributed by atoms with Crippen molar-refractivity contribution >= 4 is 0 Å². The van der Waals surface area contributed by atoms with Gasteiger partial charge >= 0.3 is 0 Å². The molecule has 0 saturated carbocycles. The molecule has 62 valence electrons. The molecule has 0 unspecified atom stereocenters. The lowest BCUT2D eigenvalue weighted by atomic mass is 10.7. The van der Waals surface area contributed by atoms with Crippen LogP contribution in [0.3, 0.4) is 0 Å². The van der Waals surface area contributed by atoms with Crippen molar-refractivity contribution in [2.75, 3.05) is 6.61 Å². The van der Waals surface area contributed by atoms with Crippen molar-refractivity contribution in [2.24, 2.45) is 7.05 Å². The van der Waals surface area contributed by atoms with Gasteiger partial charge in [0.25, 0.3) is 5.82 Å². The smallest absolute Gasteiger partial charge is 0.254 e. The summed E-state index contributed by atoms with van der Waals surface area (Å²) in [6.45, 7) is 5.49. The maximum atomic E-state index is 5.26. The second-order valence-corrected chi connectivity index (χ2v) is 2.55. The molecule has 0 N–H and O–H groups in total. The Kier molecular flexibility index (Phi) is 2.65. The molecule has 3 nitrogen and oxygen atoms in total. The molecular weight excluding hydrogens is 140 g/mol. The predicted molar refractivity (Wildman–Crippen MR) is 42.0 cm³/mol. The number of rotatable bonds is 3. The molecule has 0 atom stereocenters. The first-order valence-electron chi connectivity index (χ1n) is 3.84. The van der Waals surface area contributed by atoms with Gasteiger partial charge in [0.2, 0.25) is 0 Å². The van der Waals surface area contributed by atoms with Crippen LogP contribution in [0.1, 0.15) is 12.7 Å². The molecule has 1 rings (SSSR count). The van der Waals surface area contributed by atoms with E-state index in [2.05, 4.69) is 16.1 Å². The second-order valence-electron chi connectivity index (χ2n) is 2.55. The third-order valence-corrected chi connectivity index (χ3v) is 1.83. The molecule has 11 heavy (non-hydrogen) atoms. The summed E-state index contributed by atoms with van der Waals surface area (Å²) < 4.78 is 9.40. The maximum absolute atomic E-state index is 5.26. The Morgan fingerprint density at radius 1 is 1.64 bits per heavy atom. The van der Waals surface area contributed by atoms with Crippen molar-refractivity contribution in [3.8, 4) is 0 Å². The van der Waals surface area contributed by atoms with Gasteiger partial charge in [0, 0.05) is 13.5 Å². The summed E-state index contributed by atoms with van der Waals surface area (Å²) in [5.41, 5.74) is 0. The highest BCUT2D eigenvalue weighted by atomic mass is 16.5. The molecule has 0 spiro atoms. The Labute approximate surface area is 67.2 Å². The lowest BCUT2D eigenvalue weighted by molar-refractivity contribution is -0.677. The number of hydrogen-bond donors (Lipinski definition) is 0. The van der Waals surface area contributed by atoms with E-state index in [0.29, 0.717) is 6.73 Å². The number of ether oxygens (including phenoxy) is 1. The minimum absolute atomic E-state index is 0.656. The normalized spacial score (nSPS) is 10.5. The van der Waals surface area contributed by atoms with Crippen LogP contribution >= 0.6 is 0 Å². The average Bonchev–Trinajstić information content (AvgIpc) is 2.31. The number of aryl methyl sites for hydroxylation is 1. The van der Waals surface area contributed by atoms with Gasteiger partial charge in [-0.3, -0.25) is 0 Å². The molecule has 0 aliphatic rings. The van der Waals surface area contributed by atoms with Crippen LogP contribution in [-0.4, -0.2) is 11.2 Å². The Balaban J connectivity index is 2.63. The maximum Gasteiger partial charge on any atom is 0.254 e. The van der Waals surface area contributed by atoms with Crippen molar-refractivity contribution in [1.29, 1.82) is 0 Å². The fraction of sp³-hybridized carbons (Fsp3) is 0.625. The van der Waals surface area contributed by atoms with Crippen LogP contribution in [0, 0.1) is 6.92 Å². The monoisotopic (exact) mass is 155 g/mol. The third kappa shape index (κ3) is 1.80. The van der Waals surface area contributed by atoms with Crippen LogP contribution in [0.15, 0.2) is 12.4 Å². The summed E-state index contributed by atoms with van der Waals surface area (Å²) in [6.07, 6.45) is 4.04. The number of nitrogens with zero attached hydrogens (tertiary/aromatic N) is 2. The zero-order valence-electron chi connectivity index (χ0n) is 7.37. The first kappa shape index (κ1) is 8.27. The molecule has 1 aromatic heterocycles. The zero-order chi connectivity index (χ0) is 8.27. The van der Waals surface area contributed by atoms with Crippen LogP contribution in [0.2, 0.25) is 0 Å². The number of aromatic nitrogens is 2. The largest absolute Gasteiger partial charge is 0.342 e. The molecule has 1 heterocycles. The molecule has 0 saturated heterocycles. The summed E-state index contributed by atoms with van der Waals surface area (Å²) in [4.78, 5) is 0. The van der Waals surface area contributed by atoms with Gasteiger partial charge in [-0.2, -0.15) is 0 Å². The first-order chi connectivity index (χ1) is 5.25. The van der Waals surface area contributed by atoms with Gasteiger partial charge in [-0.25, -0.2) is 9.13 Å². The van der Waals surface area contributed by atoms with E-state index in [0.717, 1.165) is 6.61 Å². The zero-order valence-corrected chi connectivity index (χ0v) is 7.37. The minimum Gasteiger partial charge on any atom is -0.342 e. The van der Waals surface area contributed by atoms with Gasteiger partial charge in [-0.1, -0.05) is 0 Å². The molecule has 0 amide bonds. The number of hydrogen-bond acceptors (Lipinski definition) is 1. The fourth-order valence-corrected chi connectivity index (χ4v) is 0.925. The summed E-state index contributed by atoms with van der Waals surface area (Å²) in [7, 11) is 2.03. The minimum atomic E-state index is 0.656. The lowest BCUT2D eigenvalue weighted by Gasteiger charge is -1.97. The van der Waals surface area contributed by atoms with Gasteiger partial charge in [0.05, 0.1) is 7.05 Å². The van der Waals surface area contributed by atoms with Crippen LogP contribution in [0.4, 0.5) is 0 Å². The van der Waals surface area contributed by atoms with Crippen LogP contribution in [0.5, 0.6) is 0 Å². The van der Waals surface area contributed by atoms with E-state index in [4.69, 9.17) is 4.74 Å². The lowest BCUT2D eigenvalue weighted by Crippen LogP contribution is -2.29. The van der Waals surface area contributed by atoms with Crippen molar-refractivity contribution in [2.45, 2.75) is 20.6 Å². The van der Waals surface area contributed by atoms with E-state index in [1.54, 1.807) is 0 Å². The summed E-state index contributed by atoms with van der Waals surface area (Å²) >= 11 is 0. The second kappa shape index (κ2) is 3.53. The Morgan fingerprint density at radius 2 is 2.36 bits per heavy atom. The SMILES string of the molecule is CCOCn1cc[n+](C)c1C. The van der Waals surface area contributed by atoms with Gasteiger partial charge in [-0.15, -0.1) is 0 Å².